The molecule has 0 atom stereocenters. The first-order valence-electron chi connectivity index (χ1n) is 3.41. The Morgan fingerprint density at radius 3 is 0.636 bits per heavy atom. The normalized spacial score (nSPS) is 10.9. The third kappa shape index (κ3) is 1710. The molecule has 0 N–H and O–H groups in total. The molecule has 0 amide bonds. The zero-order valence-corrected chi connectivity index (χ0v) is 9.94. The molecule has 0 aromatic heterocycles. The molecule has 0 bridgehead atoms. The average Bonchev–Trinajstić information content (AvgIpc) is 1.12. The molecule has 0 aliphatic carbocycles. The largest absolute Gasteiger partial charge is 2.00 e. The van der Waals surface area contributed by atoms with Gasteiger partial charge in [-0.1, -0.05) is 41.5 Å². The summed E-state index contributed by atoms with van der Waals surface area (Å²) >= 11 is 0. The Balaban J connectivity index is -0.000000107. The van der Waals surface area contributed by atoms with Gasteiger partial charge in [0, 0.05) is 0 Å². The van der Waals surface area contributed by atoms with Gasteiger partial charge in [-0.25, -0.2) is 0 Å². The second-order valence-electron chi connectivity index (χ2n) is 4.22. The van der Waals surface area contributed by atoms with Crippen LogP contribution < -0.4 is 10.2 Å². The Kier molecular flexibility index (Phi) is 10.0. The van der Waals surface area contributed by atoms with Crippen molar-refractivity contribution in [3.8, 4) is 0 Å². The first kappa shape index (κ1) is 17.7. The molecule has 2 nitrogen and oxygen atoms in total. The summed E-state index contributed by atoms with van der Waals surface area (Å²) in [6, 6.07) is 0. The van der Waals surface area contributed by atoms with Crippen molar-refractivity contribution in [1.82, 2.24) is 0 Å². The molecule has 0 aliphatic rings. The van der Waals surface area contributed by atoms with Crippen molar-refractivity contribution in [1.29, 1.82) is 0 Å². The molecule has 0 heterocycles. The predicted molar refractivity (Wildman–Crippen MR) is 45.3 cm³/mol. The minimum absolute atomic E-state index is 0. The molecule has 0 saturated heterocycles. The Labute approximate surface area is 86.2 Å². The second-order valence-corrected chi connectivity index (χ2v) is 4.22. The van der Waals surface area contributed by atoms with Crippen molar-refractivity contribution in [2.75, 3.05) is 0 Å². The number of rotatable bonds is 0. The SMILES string of the molecule is CC(C)(C)[O-].CC(C)(C)[O-].[Mg+2]. The van der Waals surface area contributed by atoms with Gasteiger partial charge in [0.15, 0.2) is 0 Å². The van der Waals surface area contributed by atoms with Crippen LogP contribution in [0.3, 0.4) is 0 Å². The third-order valence-corrected chi connectivity index (χ3v) is 0. The van der Waals surface area contributed by atoms with Gasteiger partial charge in [0.1, 0.15) is 0 Å². The third-order valence-electron chi connectivity index (χ3n) is 0. The van der Waals surface area contributed by atoms with Crippen LogP contribution in [0.1, 0.15) is 41.5 Å². The van der Waals surface area contributed by atoms with E-state index in [-0.39, 0.29) is 23.1 Å². The molecule has 0 fully saturated rings. The van der Waals surface area contributed by atoms with Gasteiger partial charge in [-0.05, 0) is 0 Å². The van der Waals surface area contributed by atoms with E-state index in [0.717, 1.165) is 0 Å². The van der Waals surface area contributed by atoms with Crippen LogP contribution in [0.4, 0.5) is 0 Å². The second kappa shape index (κ2) is 6.23. The number of hydrogen-bond acceptors (Lipinski definition) is 2. The molecule has 64 valence electrons. The van der Waals surface area contributed by atoms with E-state index >= 15 is 0 Å². The van der Waals surface area contributed by atoms with E-state index in [0.29, 0.717) is 0 Å². The van der Waals surface area contributed by atoms with Crippen LogP contribution in [0.25, 0.3) is 0 Å². The summed E-state index contributed by atoms with van der Waals surface area (Å²) in [5, 5.41) is 20.2. The fourth-order valence-electron chi connectivity index (χ4n) is 0. The van der Waals surface area contributed by atoms with Crippen LogP contribution in [-0.2, 0) is 0 Å². The van der Waals surface area contributed by atoms with Crippen molar-refractivity contribution in [3.05, 3.63) is 0 Å². The minimum Gasteiger partial charge on any atom is -0.850 e. The maximum atomic E-state index is 10.1. The van der Waals surface area contributed by atoms with Gasteiger partial charge >= 0.3 is 23.1 Å². The first-order valence-corrected chi connectivity index (χ1v) is 3.41. The maximum absolute atomic E-state index is 10.1. The van der Waals surface area contributed by atoms with Gasteiger partial charge in [-0.3, -0.25) is 0 Å². The molecule has 0 aromatic rings. The summed E-state index contributed by atoms with van der Waals surface area (Å²) in [5.74, 6) is 0. The fourth-order valence-corrected chi connectivity index (χ4v) is 0. The molecular weight excluding hydrogens is 152 g/mol. The van der Waals surface area contributed by atoms with Crippen LogP contribution in [0.15, 0.2) is 0 Å². The molecule has 0 spiro atoms. The van der Waals surface area contributed by atoms with Gasteiger partial charge in [0.05, 0.1) is 0 Å². The predicted octanol–water partition coefficient (Wildman–Crippen LogP) is -0.0904. The molecule has 0 aromatic carbocycles. The topological polar surface area (TPSA) is 46.1 Å². The van der Waals surface area contributed by atoms with Crippen molar-refractivity contribution < 1.29 is 10.2 Å². The molecule has 0 unspecified atom stereocenters. The maximum Gasteiger partial charge on any atom is 2.00 e. The van der Waals surface area contributed by atoms with Crippen LogP contribution in [0.5, 0.6) is 0 Å². The average molecular weight is 171 g/mol. The Bertz CT molecular complexity index is 55.1. The Morgan fingerprint density at radius 1 is 0.636 bits per heavy atom. The summed E-state index contributed by atoms with van der Waals surface area (Å²) in [5.41, 5.74) is -1.50. The molecular formula is C8H18MgO2. The Hall–Kier alpha value is 0.686. The summed E-state index contributed by atoms with van der Waals surface area (Å²) < 4.78 is 0. The van der Waals surface area contributed by atoms with Gasteiger partial charge in [-0.2, -0.15) is 0 Å². The van der Waals surface area contributed by atoms with Crippen molar-refractivity contribution >= 4 is 23.1 Å². The van der Waals surface area contributed by atoms with Crippen LogP contribution in [-0.4, -0.2) is 34.3 Å². The smallest absolute Gasteiger partial charge is 0.850 e. The van der Waals surface area contributed by atoms with E-state index in [4.69, 9.17) is 0 Å². The minimum atomic E-state index is -0.750. The first-order chi connectivity index (χ1) is 4.00. The van der Waals surface area contributed by atoms with E-state index in [1.165, 1.54) is 0 Å². The van der Waals surface area contributed by atoms with Gasteiger partial charge in [0.25, 0.3) is 0 Å². The van der Waals surface area contributed by atoms with Crippen LogP contribution >= 0.6 is 0 Å². The summed E-state index contributed by atoms with van der Waals surface area (Å²) in [6.45, 7) is 9.79. The van der Waals surface area contributed by atoms with E-state index in [1.54, 1.807) is 41.5 Å². The van der Waals surface area contributed by atoms with E-state index in [2.05, 4.69) is 0 Å². The van der Waals surface area contributed by atoms with E-state index < -0.39 is 11.2 Å². The van der Waals surface area contributed by atoms with Gasteiger partial charge in [-0.15, -0.1) is 11.2 Å². The molecule has 0 aliphatic heterocycles. The van der Waals surface area contributed by atoms with Crippen molar-refractivity contribution in [2.24, 2.45) is 0 Å². The summed E-state index contributed by atoms with van der Waals surface area (Å²) in [4.78, 5) is 0. The fraction of sp³-hybridized carbons (Fsp3) is 1.00. The molecule has 11 heavy (non-hydrogen) atoms. The van der Waals surface area contributed by atoms with Crippen LogP contribution in [0.2, 0.25) is 0 Å². The quantitative estimate of drug-likeness (QED) is 0.477. The molecule has 0 rings (SSSR count). The summed E-state index contributed by atoms with van der Waals surface area (Å²) in [6.07, 6.45) is 0. The zero-order chi connectivity index (χ0) is 9.00. The Morgan fingerprint density at radius 2 is 0.636 bits per heavy atom. The van der Waals surface area contributed by atoms with Crippen LogP contribution in [0, 0.1) is 0 Å². The van der Waals surface area contributed by atoms with E-state index in [9.17, 15) is 10.2 Å². The van der Waals surface area contributed by atoms with Gasteiger partial charge < -0.3 is 10.2 Å². The van der Waals surface area contributed by atoms with Crippen molar-refractivity contribution in [3.63, 3.8) is 0 Å². The molecule has 3 heteroatoms. The summed E-state index contributed by atoms with van der Waals surface area (Å²) in [7, 11) is 0. The van der Waals surface area contributed by atoms with E-state index in [1.807, 2.05) is 0 Å². The van der Waals surface area contributed by atoms with Gasteiger partial charge in [0.2, 0.25) is 0 Å². The molecule has 0 saturated carbocycles. The number of hydrogen-bond donors (Lipinski definition) is 0. The molecule has 0 radical (unpaired) electrons. The monoisotopic (exact) mass is 170 g/mol. The zero-order valence-electron chi connectivity index (χ0n) is 8.52. The van der Waals surface area contributed by atoms with Crippen molar-refractivity contribution in [2.45, 2.75) is 52.7 Å². The standard InChI is InChI=1S/2C4H9O.Mg/c2*1-4(2,3)5;/h2*1-3H3;/q2*-1;+2.